The molecule has 0 bridgehead atoms. The van der Waals surface area contributed by atoms with E-state index in [-0.39, 0.29) is 5.91 Å². The topological polar surface area (TPSA) is 89.3 Å². The first-order valence-corrected chi connectivity index (χ1v) is 7.74. The smallest absolute Gasteiger partial charge is 0.254 e. The summed E-state index contributed by atoms with van der Waals surface area (Å²) in [7, 11) is 1.63. The Bertz CT molecular complexity index is 799. The van der Waals surface area contributed by atoms with Gasteiger partial charge in [-0.3, -0.25) is 4.79 Å². The van der Waals surface area contributed by atoms with Crippen LogP contribution < -0.4 is 15.4 Å². The van der Waals surface area contributed by atoms with Gasteiger partial charge >= 0.3 is 0 Å². The van der Waals surface area contributed by atoms with Crippen molar-refractivity contribution in [3.63, 3.8) is 0 Å². The summed E-state index contributed by atoms with van der Waals surface area (Å²) in [5.74, 6) is 1.70. The third-order valence-corrected chi connectivity index (χ3v) is 3.53. The standard InChI is InChI=1S/C18H18N4O3/c1-24-15-6-4-13(5-7-15)9-20-18-21-10-14(11-22-18)17(23)19-12-16-3-2-8-25-16/h2-8,10-11H,9,12H2,1H3,(H,19,23)(H,20,21,22). The second-order valence-corrected chi connectivity index (χ2v) is 5.26. The molecule has 0 unspecified atom stereocenters. The number of methoxy groups -OCH3 is 1. The van der Waals surface area contributed by atoms with Crippen LogP contribution in [0.5, 0.6) is 5.75 Å². The van der Waals surface area contributed by atoms with Crippen LogP contribution in [0.3, 0.4) is 0 Å². The predicted octanol–water partition coefficient (Wildman–Crippen LogP) is 2.62. The van der Waals surface area contributed by atoms with Gasteiger partial charge < -0.3 is 19.8 Å². The highest BCUT2D eigenvalue weighted by Gasteiger charge is 2.08. The van der Waals surface area contributed by atoms with Crippen molar-refractivity contribution in [3.05, 3.63) is 71.9 Å². The van der Waals surface area contributed by atoms with E-state index in [1.165, 1.54) is 12.4 Å². The average molecular weight is 338 g/mol. The quantitative estimate of drug-likeness (QED) is 0.688. The molecule has 0 aliphatic rings. The Morgan fingerprint density at radius 1 is 1.12 bits per heavy atom. The Morgan fingerprint density at radius 2 is 1.88 bits per heavy atom. The van der Waals surface area contributed by atoms with E-state index in [1.807, 2.05) is 24.3 Å². The van der Waals surface area contributed by atoms with Gasteiger partial charge in [0, 0.05) is 18.9 Å². The van der Waals surface area contributed by atoms with Crippen LogP contribution in [0.1, 0.15) is 21.7 Å². The molecular weight excluding hydrogens is 320 g/mol. The maximum Gasteiger partial charge on any atom is 0.254 e. The number of carbonyl (C=O) groups excluding carboxylic acids is 1. The van der Waals surface area contributed by atoms with Crippen LogP contribution in [-0.2, 0) is 13.1 Å². The first kappa shape index (κ1) is 16.5. The van der Waals surface area contributed by atoms with E-state index in [0.29, 0.717) is 30.4 Å². The van der Waals surface area contributed by atoms with Crippen LogP contribution in [0.15, 0.2) is 59.5 Å². The summed E-state index contributed by atoms with van der Waals surface area (Å²) in [6, 6.07) is 11.3. The first-order chi connectivity index (χ1) is 12.2. The number of furan rings is 1. The number of hydrogen-bond donors (Lipinski definition) is 2. The van der Waals surface area contributed by atoms with Crippen LogP contribution in [0.2, 0.25) is 0 Å². The molecule has 0 aliphatic carbocycles. The number of hydrogen-bond acceptors (Lipinski definition) is 6. The zero-order valence-electron chi connectivity index (χ0n) is 13.7. The number of amides is 1. The number of aromatic nitrogens is 2. The molecule has 3 aromatic rings. The molecular formula is C18H18N4O3. The SMILES string of the molecule is COc1ccc(CNc2ncc(C(=O)NCc3ccco3)cn2)cc1. The van der Waals surface area contributed by atoms with Crippen LogP contribution in [-0.4, -0.2) is 23.0 Å². The van der Waals surface area contributed by atoms with Gasteiger partial charge in [-0.25, -0.2) is 9.97 Å². The second-order valence-electron chi connectivity index (χ2n) is 5.26. The van der Waals surface area contributed by atoms with E-state index in [1.54, 1.807) is 25.5 Å². The highest BCUT2D eigenvalue weighted by Crippen LogP contribution is 2.12. The van der Waals surface area contributed by atoms with Crippen LogP contribution >= 0.6 is 0 Å². The molecule has 2 aromatic heterocycles. The van der Waals surface area contributed by atoms with E-state index in [0.717, 1.165) is 11.3 Å². The van der Waals surface area contributed by atoms with Gasteiger partial charge in [-0.05, 0) is 29.8 Å². The number of rotatable bonds is 7. The molecule has 0 fully saturated rings. The highest BCUT2D eigenvalue weighted by molar-refractivity contribution is 5.93. The van der Waals surface area contributed by atoms with Crippen LogP contribution in [0, 0.1) is 0 Å². The van der Waals surface area contributed by atoms with Gasteiger partial charge in [0.15, 0.2) is 0 Å². The van der Waals surface area contributed by atoms with Gasteiger partial charge in [0.05, 0.1) is 25.5 Å². The zero-order chi connectivity index (χ0) is 17.5. The van der Waals surface area contributed by atoms with Crippen molar-refractivity contribution >= 4 is 11.9 Å². The molecule has 0 saturated heterocycles. The number of nitrogens with zero attached hydrogens (tertiary/aromatic N) is 2. The lowest BCUT2D eigenvalue weighted by Gasteiger charge is -2.07. The molecule has 0 saturated carbocycles. The van der Waals surface area contributed by atoms with Gasteiger partial charge in [0.1, 0.15) is 11.5 Å². The minimum atomic E-state index is -0.252. The normalized spacial score (nSPS) is 10.3. The summed E-state index contributed by atoms with van der Waals surface area (Å²) >= 11 is 0. The number of benzene rings is 1. The van der Waals surface area contributed by atoms with Crippen LogP contribution in [0.25, 0.3) is 0 Å². The van der Waals surface area contributed by atoms with E-state index in [2.05, 4.69) is 20.6 Å². The van der Waals surface area contributed by atoms with E-state index >= 15 is 0 Å². The van der Waals surface area contributed by atoms with Crippen molar-refractivity contribution in [1.82, 2.24) is 15.3 Å². The average Bonchev–Trinajstić information content (AvgIpc) is 3.19. The molecule has 2 heterocycles. The van der Waals surface area contributed by atoms with Gasteiger partial charge in [0.2, 0.25) is 5.95 Å². The van der Waals surface area contributed by atoms with E-state index in [9.17, 15) is 4.79 Å². The number of anilines is 1. The van der Waals surface area contributed by atoms with Crippen molar-refractivity contribution in [2.45, 2.75) is 13.1 Å². The molecule has 1 amide bonds. The third-order valence-electron chi connectivity index (χ3n) is 3.53. The Hall–Kier alpha value is -3.35. The predicted molar refractivity (Wildman–Crippen MR) is 92.2 cm³/mol. The molecule has 25 heavy (non-hydrogen) atoms. The van der Waals surface area contributed by atoms with Crippen molar-refractivity contribution in [3.8, 4) is 5.75 Å². The lowest BCUT2D eigenvalue weighted by molar-refractivity contribution is 0.0947. The van der Waals surface area contributed by atoms with Gasteiger partial charge in [-0.1, -0.05) is 12.1 Å². The monoisotopic (exact) mass is 338 g/mol. The van der Waals surface area contributed by atoms with Crippen molar-refractivity contribution in [2.75, 3.05) is 12.4 Å². The first-order valence-electron chi connectivity index (χ1n) is 7.74. The number of carbonyl (C=O) groups is 1. The van der Waals surface area contributed by atoms with E-state index in [4.69, 9.17) is 9.15 Å². The Morgan fingerprint density at radius 3 is 2.52 bits per heavy atom. The third kappa shape index (κ3) is 4.57. The van der Waals surface area contributed by atoms with Crippen molar-refractivity contribution in [2.24, 2.45) is 0 Å². The summed E-state index contributed by atoms with van der Waals surface area (Å²) in [4.78, 5) is 20.4. The fourth-order valence-corrected chi connectivity index (χ4v) is 2.14. The van der Waals surface area contributed by atoms with E-state index < -0.39 is 0 Å². The molecule has 2 N–H and O–H groups in total. The molecule has 0 radical (unpaired) electrons. The Labute approximate surface area is 145 Å². The largest absolute Gasteiger partial charge is 0.497 e. The van der Waals surface area contributed by atoms with Crippen molar-refractivity contribution < 1.29 is 13.9 Å². The maximum atomic E-state index is 12.0. The van der Waals surface area contributed by atoms with Crippen LogP contribution in [0.4, 0.5) is 5.95 Å². The Kier molecular flexibility index (Phi) is 5.26. The lowest BCUT2D eigenvalue weighted by Crippen LogP contribution is -2.23. The highest BCUT2D eigenvalue weighted by atomic mass is 16.5. The number of ether oxygens (including phenoxy) is 1. The van der Waals surface area contributed by atoms with Gasteiger partial charge in [-0.15, -0.1) is 0 Å². The molecule has 1 aromatic carbocycles. The molecule has 7 nitrogen and oxygen atoms in total. The fraction of sp³-hybridized carbons (Fsp3) is 0.167. The summed E-state index contributed by atoms with van der Waals surface area (Å²) in [6.07, 6.45) is 4.54. The fourth-order valence-electron chi connectivity index (χ4n) is 2.14. The van der Waals surface area contributed by atoms with Gasteiger partial charge in [0.25, 0.3) is 5.91 Å². The molecule has 0 aliphatic heterocycles. The summed E-state index contributed by atoms with van der Waals surface area (Å²) in [5.41, 5.74) is 1.46. The van der Waals surface area contributed by atoms with Gasteiger partial charge in [-0.2, -0.15) is 0 Å². The zero-order valence-corrected chi connectivity index (χ0v) is 13.7. The number of nitrogens with one attached hydrogen (secondary N) is 2. The molecule has 3 rings (SSSR count). The minimum absolute atomic E-state index is 0.252. The molecule has 7 heteroatoms. The lowest BCUT2D eigenvalue weighted by atomic mass is 10.2. The summed E-state index contributed by atoms with van der Waals surface area (Å²) in [5, 5.41) is 5.85. The molecule has 128 valence electrons. The second kappa shape index (κ2) is 7.96. The minimum Gasteiger partial charge on any atom is -0.497 e. The molecule has 0 atom stereocenters. The summed E-state index contributed by atoms with van der Waals surface area (Å²) < 4.78 is 10.3. The van der Waals surface area contributed by atoms with Crippen molar-refractivity contribution in [1.29, 1.82) is 0 Å². The maximum absolute atomic E-state index is 12.0. The Balaban J connectivity index is 1.51. The molecule has 0 spiro atoms. The summed E-state index contributed by atoms with van der Waals surface area (Å²) in [6.45, 7) is 0.900.